The number of aromatic amines is 1. The number of nitrogens with zero attached hydrogens (tertiary/aromatic N) is 1. The molecule has 24 heavy (non-hydrogen) atoms. The SMILES string of the molecule is CC(C)(C)C(=O)Nc1nc2ccc3ccc(CBr)cc3c2c(=O)[nH]1. The fourth-order valence-electron chi connectivity index (χ4n) is 2.44. The van der Waals surface area contributed by atoms with Crippen LogP contribution in [-0.2, 0) is 10.1 Å². The van der Waals surface area contributed by atoms with Crippen LogP contribution in [0.15, 0.2) is 35.1 Å². The van der Waals surface area contributed by atoms with Crippen LogP contribution in [0.25, 0.3) is 21.7 Å². The molecule has 0 bridgehead atoms. The topological polar surface area (TPSA) is 74.8 Å². The molecule has 0 radical (unpaired) electrons. The summed E-state index contributed by atoms with van der Waals surface area (Å²) in [5.41, 5.74) is 0.810. The van der Waals surface area contributed by atoms with Gasteiger partial charge in [-0.15, -0.1) is 0 Å². The van der Waals surface area contributed by atoms with Crippen LogP contribution in [0.3, 0.4) is 0 Å². The Kier molecular flexibility index (Phi) is 4.17. The van der Waals surface area contributed by atoms with Crippen LogP contribution in [0.4, 0.5) is 5.95 Å². The Morgan fingerprint density at radius 3 is 2.62 bits per heavy atom. The number of halogens is 1. The van der Waals surface area contributed by atoms with Crippen molar-refractivity contribution in [1.29, 1.82) is 0 Å². The molecule has 2 N–H and O–H groups in total. The van der Waals surface area contributed by atoms with Crippen LogP contribution in [0.5, 0.6) is 0 Å². The van der Waals surface area contributed by atoms with Crippen molar-refractivity contribution in [1.82, 2.24) is 9.97 Å². The Hall–Kier alpha value is -2.21. The van der Waals surface area contributed by atoms with Crippen LogP contribution in [-0.4, -0.2) is 15.9 Å². The summed E-state index contributed by atoms with van der Waals surface area (Å²) in [6.45, 7) is 5.41. The number of hydrogen-bond acceptors (Lipinski definition) is 3. The molecular weight excluding hydrogens is 370 g/mol. The molecule has 3 rings (SSSR count). The van der Waals surface area contributed by atoms with Gasteiger partial charge in [0.15, 0.2) is 0 Å². The van der Waals surface area contributed by atoms with Gasteiger partial charge in [0.05, 0.1) is 10.9 Å². The molecule has 124 valence electrons. The van der Waals surface area contributed by atoms with E-state index in [0.29, 0.717) is 16.2 Å². The first kappa shape index (κ1) is 16.6. The minimum atomic E-state index is -0.568. The van der Waals surface area contributed by atoms with Gasteiger partial charge in [-0.3, -0.25) is 19.9 Å². The maximum absolute atomic E-state index is 12.6. The molecule has 0 aliphatic heterocycles. The summed E-state index contributed by atoms with van der Waals surface area (Å²) in [4.78, 5) is 31.8. The van der Waals surface area contributed by atoms with E-state index in [1.807, 2.05) is 24.3 Å². The lowest BCUT2D eigenvalue weighted by Crippen LogP contribution is -2.29. The Morgan fingerprint density at radius 2 is 1.96 bits per heavy atom. The first-order valence-corrected chi connectivity index (χ1v) is 8.75. The van der Waals surface area contributed by atoms with Gasteiger partial charge in [-0.05, 0) is 28.5 Å². The van der Waals surface area contributed by atoms with E-state index in [9.17, 15) is 9.59 Å². The van der Waals surface area contributed by atoms with Crippen LogP contribution in [0.2, 0.25) is 0 Å². The Morgan fingerprint density at radius 1 is 1.25 bits per heavy atom. The van der Waals surface area contributed by atoms with E-state index in [0.717, 1.165) is 16.3 Å². The predicted molar refractivity (Wildman–Crippen MR) is 101 cm³/mol. The van der Waals surface area contributed by atoms with Gasteiger partial charge in [0.25, 0.3) is 5.56 Å². The van der Waals surface area contributed by atoms with Crippen LogP contribution < -0.4 is 10.9 Å². The second kappa shape index (κ2) is 6.02. The quantitative estimate of drug-likeness (QED) is 0.516. The summed E-state index contributed by atoms with van der Waals surface area (Å²) in [6.07, 6.45) is 0. The number of aromatic nitrogens is 2. The Balaban J connectivity index is 2.18. The summed E-state index contributed by atoms with van der Waals surface area (Å²) in [6, 6.07) is 9.71. The maximum Gasteiger partial charge on any atom is 0.260 e. The Bertz CT molecular complexity index is 1000. The molecule has 0 atom stereocenters. The maximum atomic E-state index is 12.6. The molecule has 1 amide bonds. The lowest BCUT2D eigenvalue weighted by molar-refractivity contribution is -0.123. The van der Waals surface area contributed by atoms with E-state index >= 15 is 0 Å². The molecule has 6 heteroatoms. The fraction of sp³-hybridized carbons (Fsp3) is 0.278. The van der Waals surface area contributed by atoms with Crippen molar-refractivity contribution < 1.29 is 4.79 Å². The van der Waals surface area contributed by atoms with Gasteiger partial charge in [-0.1, -0.05) is 54.9 Å². The summed E-state index contributed by atoms with van der Waals surface area (Å²) >= 11 is 3.43. The van der Waals surface area contributed by atoms with Crippen LogP contribution >= 0.6 is 15.9 Å². The van der Waals surface area contributed by atoms with Gasteiger partial charge >= 0.3 is 0 Å². The normalized spacial score (nSPS) is 11.8. The molecule has 0 spiro atoms. The molecule has 0 unspecified atom stereocenters. The van der Waals surface area contributed by atoms with Crippen molar-refractivity contribution in [3.05, 3.63) is 46.2 Å². The molecule has 0 aliphatic rings. The predicted octanol–water partition coefficient (Wildman–Crippen LogP) is 3.96. The first-order chi connectivity index (χ1) is 11.3. The van der Waals surface area contributed by atoms with Crippen LogP contribution in [0.1, 0.15) is 26.3 Å². The average molecular weight is 388 g/mol. The zero-order valence-corrected chi connectivity index (χ0v) is 15.3. The molecular formula is C18H18BrN3O2. The summed E-state index contributed by atoms with van der Waals surface area (Å²) in [5.74, 6) is -0.0317. The molecule has 5 nitrogen and oxygen atoms in total. The largest absolute Gasteiger partial charge is 0.296 e. The van der Waals surface area contributed by atoms with Gasteiger partial charge in [-0.25, -0.2) is 4.98 Å². The lowest BCUT2D eigenvalue weighted by Gasteiger charge is -2.17. The lowest BCUT2D eigenvalue weighted by atomic mass is 9.96. The molecule has 0 fully saturated rings. The number of fused-ring (bicyclic) bond motifs is 3. The number of hydrogen-bond donors (Lipinski definition) is 2. The highest BCUT2D eigenvalue weighted by Crippen LogP contribution is 2.24. The molecule has 1 heterocycles. The number of carbonyl (C=O) groups excluding carboxylic acids is 1. The third-order valence-electron chi connectivity index (χ3n) is 3.82. The monoisotopic (exact) mass is 387 g/mol. The highest BCUT2D eigenvalue weighted by molar-refractivity contribution is 9.08. The average Bonchev–Trinajstić information content (AvgIpc) is 2.52. The second-order valence-corrected chi connectivity index (χ2v) is 7.33. The minimum Gasteiger partial charge on any atom is -0.296 e. The van der Waals surface area contributed by atoms with Crippen LogP contribution in [0, 0.1) is 5.41 Å². The van der Waals surface area contributed by atoms with Gasteiger partial charge in [-0.2, -0.15) is 0 Å². The summed E-state index contributed by atoms with van der Waals surface area (Å²) < 4.78 is 0. The summed E-state index contributed by atoms with van der Waals surface area (Å²) in [7, 11) is 0. The van der Waals surface area contributed by atoms with E-state index in [2.05, 4.69) is 31.2 Å². The molecule has 0 saturated carbocycles. The highest BCUT2D eigenvalue weighted by Gasteiger charge is 2.22. The van der Waals surface area contributed by atoms with E-state index in [4.69, 9.17) is 0 Å². The molecule has 3 aromatic rings. The second-order valence-electron chi connectivity index (χ2n) is 6.77. The molecule has 1 aromatic heterocycles. The van der Waals surface area contributed by atoms with Crippen molar-refractivity contribution in [3.8, 4) is 0 Å². The van der Waals surface area contributed by atoms with E-state index in [1.54, 1.807) is 26.8 Å². The van der Waals surface area contributed by atoms with Gasteiger partial charge in [0.2, 0.25) is 11.9 Å². The number of H-pyrrole nitrogens is 1. The van der Waals surface area contributed by atoms with Gasteiger partial charge in [0, 0.05) is 10.7 Å². The third kappa shape index (κ3) is 3.06. The fourth-order valence-corrected chi connectivity index (χ4v) is 2.79. The van der Waals surface area contributed by atoms with Crippen molar-refractivity contribution in [2.45, 2.75) is 26.1 Å². The summed E-state index contributed by atoms with van der Waals surface area (Å²) in [5, 5.41) is 5.75. The number of alkyl halides is 1. The number of benzene rings is 2. The van der Waals surface area contributed by atoms with E-state index < -0.39 is 5.41 Å². The molecule has 0 aliphatic carbocycles. The third-order valence-corrected chi connectivity index (χ3v) is 4.47. The Labute approximate surface area is 147 Å². The smallest absolute Gasteiger partial charge is 0.260 e. The number of anilines is 1. The zero-order valence-electron chi connectivity index (χ0n) is 13.7. The van der Waals surface area contributed by atoms with Gasteiger partial charge < -0.3 is 0 Å². The number of nitrogens with one attached hydrogen (secondary N) is 2. The first-order valence-electron chi connectivity index (χ1n) is 7.62. The number of rotatable bonds is 2. The number of carbonyl (C=O) groups is 1. The van der Waals surface area contributed by atoms with E-state index in [1.165, 1.54) is 0 Å². The van der Waals surface area contributed by atoms with Crippen molar-refractivity contribution in [3.63, 3.8) is 0 Å². The molecule has 0 saturated heterocycles. The molecule has 2 aromatic carbocycles. The minimum absolute atomic E-state index is 0.170. The standard InChI is InChI=1S/C18H18BrN3O2/c1-18(2,3)16(24)22-17-20-13-7-6-11-5-4-10(9-19)8-12(11)14(13)15(23)21-17/h4-8H,9H2,1-3H3,(H2,20,21,22,23,24). The zero-order chi connectivity index (χ0) is 17.5. The van der Waals surface area contributed by atoms with E-state index in [-0.39, 0.29) is 17.4 Å². The van der Waals surface area contributed by atoms with Crippen molar-refractivity contribution in [2.24, 2.45) is 5.41 Å². The number of amides is 1. The van der Waals surface area contributed by atoms with Crippen molar-refractivity contribution in [2.75, 3.05) is 5.32 Å². The highest BCUT2D eigenvalue weighted by atomic mass is 79.9. The van der Waals surface area contributed by atoms with Crippen molar-refractivity contribution >= 4 is 49.5 Å². The van der Waals surface area contributed by atoms with Gasteiger partial charge in [0.1, 0.15) is 0 Å².